The Morgan fingerprint density at radius 3 is 2.70 bits per heavy atom. The predicted octanol–water partition coefficient (Wildman–Crippen LogP) is 0.802. The summed E-state index contributed by atoms with van der Waals surface area (Å²) in [5.41, 5.74) is -0.278. The first-order valence-corrected chi connectivity index (χ1v) is 5.87. The number of carboxylic acid groups (broad SMARTS) is 1. The van der Waals surface area contributed by atoms with Gasteiger partial charge in [-0.25, -0.2) is 14.6 Å². The molecule has 0 fully saturated rings. The molecule has 0 spiro atoms. The van der Waals surface area contributed by atoms with Crippen molar-refractivity contribution < 1.29 is 19.4 Å². The number of H-pyrrole nitrogens is 1. The monoisotopic (exact) mass is 280 g/mol. The largest absolute Gasteiger partial charge is 0.480 e. The van der Waals surface area contributed by atoms with Gasteiger partial charge in [0.15, 0.2) is 0 Å². The van der Waals surface area contributed by atoms with Gasteiger partial charge in [-0.2, -0.15) is 5.26 Å². The fourth-order valence-electron chi connectivity index (χ4n) is 1.39. The Balaban J connectivity index is 2.68. The van der Waals surface area contributed by atoms with Gasteiger partial charge in [-0.3, -0.25) is 0 Å². The molecule has 108 valence electrons. The van der Waals surface area contributed by atoms with Crippen LogP contribution < -0.4 is 5.32 Å². The van der Waals surface area contributed by atoms with E-state index < -0.39 is 23.7 Å². The number of imidazole rings is 1. The molecule has 1 aromatic rings. The summed E-state index contributed by atoms with van der Waals surface area (Å²) in [4.78, 5) is 29.0. The first-order chi connectivity index (χ1) is 9.21. The molecule has 1 unspecified atom stereocenters. The second-order valence-electron chi connectivity index (χ2n) is 5.11. The fraction of sp³-hybridized carbons (Fsp3) is 0.500. The minimum atomic E-state index is -1.20. The Morgan fingerprint density at radius 2 is 2.25 bits per heavy atom. The van der Waals surface area contributed by atoms with E-state index in [0.717, 1.165) is 0 Å². The number of nitrogens with one attached hydrogen (secondary N) is 2. The zero-order chi connectivity index (χ0) is 15.3. The minimum Gasteiger partial charge on any atom is -0.480 e. The number of ether oxygens (including phenoxy) is 1. The first kappa shape index (κ1) is 15.5. The molecular formula is C12H16N4O4. The molecular weight excluding hydrogens is 264 g/mol. The van der Waals surface area contributed by atoms with E-state index in [1.165, 1.54) is 6.20 Å². The molecule has 0 aromatic carbocycles. The van der Waals surface area contributed by atoms with Gasteiger partial charge in [0, 0.05) is 18.3 Å². The average molecular weight is 280 g/mol. The highest BCUT2D eigenvalue weighted by molar-refractivity contribution is 5.80. The topological polar surface area (TPSA) is 128 Å². The van der Waals surface area contributed by atoms with E-state index in [9.17, 15) is 9.59 Å². The van der Waals surface area contributed by atoms with E-state index in [0.29, 0.717) is 5.69 Å². The van der Waals surface area contributed by atoms with Gasteiger partial charge in [0.1, 0.15) is 17.7 Å². The van der Waals surface area contributed by atoms with E-state index in [1.807, 2.05) is 0 Å². The lowest BCUT2D eigenvalue weighted by Crippen LogP contribution is -2.44. The van der Waals surface area contributed by atoms with Gasteiger partial charge in [0.2, 0.25) is 5.82 Å². The summed E-state index contributed by atoms with van der Waals surface area (Å²) in [6.07, 6.45) is 0.513. The molecule has 0 radical (unpaired) electrons. The van der Waals surface area contributed by atoms with E-state index in [1.54, 1.807) is 26.8 Å². The molecule has 0 saturated heterocycles. The number of nitrogens with zero attached hydrogens (tertiary/aromatic N) is 2. The summed E-state index contributed by atoms with van der Waals surface area (Å²) in [5.74, 6) is -1.12. The number of carboxylic acids is 1. The highest BCUT2D eigenvalue weighted by Crippen LogP contribution is 2.08. The fourth-order valence-corrected chi connectivity index (χ4v) is 1.39. The van der Waals surface area contributed by atoms with Crippen LogP contribution in [0.3, 0.4) is 0 Å². The van der Waals surface area contributed by atoms with E-state index >= 15 is 0 Å². The van der Waals surface area contributed by atoms with Gasteiger partial charge in [-0.15, -0.1) is 0 Å². The molecule has 0 aliphatic carbocycles. The molecule has 20 heavy (non-hydrogen) atoms. The van der Waals surface area contributed by atoms with Gasteiger partial charge < -0.3 is 20.1 Å². The highest BCUT2D eigenvalue weighted by Gasteiger charge is 2.24. The standard InChI is InChI=1S/C12H16N4O4/c1-12(2,3)20-11(19)16-8(10(17)18)4-7-6-14-9(5-13)15-7/h6,8H,4H2,1-3H3,(H,14,15)(H,16,19)(H,17,18). The third kappa shape index (κ3) is 4.97. The van der Waals surface area contributed by atoms with Crippen LogP contribution in [0.5, 0.6) is 0 Å². The maximum absolute atomic E-state index is 11.6. The smallest absolute Gasteiger partial charge is 0.408 e. The summed E-state index contributed by atoms with van der Waals surface area (Å²) in [5, 5.41) is 20.0. The van der Waals surface area contributed by atoms with Crippen LogP contribution in [-0.4, -0.2) is 38.8 Å². The number of carbonyl (C=O) groups is 2. The van der Waals surface area contributed by atoms with Crippen LogP contribution in [0.4, 0.5) is 4.79 Å². The zero-order valence-corrected chi connectivity index (χ0v) is 11.4. The number of rotatable bonds is 4. The van der Waals surface area contributed by atoms with Crippen LogP contribution in [0.2, 0.25) is 0 Å². The van der Waals surface area contributed by atoms with Crippen molar-refractivity contribution >= 4 is 12.1 Å². The van der Waals surface area contributed by atoms with E-state index in [2.05, 4.69) is 15.3 Å². The van der Waals surface area contributed by atoms with Crippen molar-refractivity contribution in [2.45, 2.75) is 38.8 Å². The average Bonchev–Trinajstić information content (AvgIpc) is 2.73. The number of hydrogen-bond donors (Lipinski definition) is 3. The molecule has 0 aliphatic rings. The van der Waals surface area contributed by atoms with Crippen molar-refractivity contribution in [1.82, 2.24) is 15.3 Å². The maximum Gasteiger partial charge on any atom is 0.408 e. The number of amides is 1. The summed E-state index contributed by atoms with van der Waals surface area (Å²) in [7, 11) is 0. The van der Waals surface area contributed by atoms with Gasteiger partial charge in [-0.1, -0.05) is 0 Å². The normalized spacial score (nSPS) is 12.3. The van der Waals surface area contributed by atoms with Crippen molar-refractivity contribution in [1.29, 1.82) is 5.26 Å². The lowest BCUT2D eigenvalue weighted by atomic mass is 10.1. The molecule has 0 saturated carbocycles. The molecule has 8 heteroatoms. The number of hydrogen-bond acceptors (Lipinski definition) is 5. The number of nitriles is 1. The lowest BCUT2D eigenvalue weighted by Gasteiger charge is -2.21. The predicted molar refractivity (Wildman–Crippen MR) is 67.8 cm³/mol. The van der Waals surface area contributed by atoms with Crippen LogP contribution in [0, 0.1) is 11.3 Å². The molecule has 3 N–H and O–H groups in total. The number of aliphatic carboxylic acids is 1. The van der Waals surface area contributed by atoms with Crippen LogP contribution in [0.1, 0.15) is 32.3 Å². The van der Waals surface area contributed by atoms with E-state index in [4.69, 9.17) is 15.1 Å². The Kier molecular flexibility index (Phi) is 4.69. The number of alkyl carbamates (subject to hydrolysis) is 1. The molecule has 1 atom stereocenters. The van der Waals surface area contributed by atoms with Crippen molar-refractivity contribution in [2.24, 2.45) is 0 Å². The Hall–Kier alpha value is -2.56. The third-order valence-electron chi connectivity index (χ3n) is 2.15. The first-order valence-electron chi connectivity index (χ1n) is 5.87. The maximum atomic E-state index is 11.6. The van der Waals surface area contributed by atoms with E-state index in [-0.39, 0.29) is 12.2 Å². The van der Waals surface area contributed by atoms with Crippen LogP contribution >= 0.6 is 0 Å². The molecule has 1 aromatic heterocycles. The van der Waals surface area contributed by atoms with Gasteiger partial charge in [0.05, 0.1) is 0 Å². The third-order valence-corrected chi connectivity index (χ3v) is 2.15. The molecule has 1 rings (SSSR count). The number of aromatic amines is 1. The van der Waals surface area contributed by atoms with Crippen LogP contribution in [0.15, 0.2) is 6.20 Å². The minimum absolute atomic E-state index is 0.0245. The summed E-state index contributed by atoms with van der Waals surface area (Å²) in [6.45, 7) is 5.03. The van der Waals surface area contributed by atoms with Gasteiger partial charge in [0.25, 0.3) is 0 Å². The quantitative estimate of drug-likeness (QED) is 0.748. The molecule has 8 nitrogen and oxygen atoms in total. The van der Waals surface area contributed by atoms with Crippen molar-refractivity contribution in [3.05, 3.63) is 17.7 Å². The zero-order valence-electron chi connectivity index (χ0n) is 11.4. The summed E-state index contributed by atoms with van der Waals surface area (Å²) >= 11 is 0. The number of aromatic nitrogens is 2. The Morgan fingerprint density at radius 1 is 1.60 bits per heavy atom. The van der Waals surface area contributed by atoms with Crippen molar-refractivity contribution in [3.63, 3.8) is 0 Å². The summed E-state index contributed by atoms with van der Waals surface area (Å²) < 4.78 is 4.99. The van der Waals surface area contributed by atoms with Gasteiger partial charge >= 0.3 is 12.1 Å². The highest BCUT2D eigenvalue weighted by atomic mass is 16.6. The van der Waals surface area contributed by atoms with Crippen LogP contribution in [0.25, 0.3) is 0 Å². The Labute approximate surface area is 115 Å². The molecule has 0 bridgehead atoms. The second-order valence-corrected chi connectivity index (χ2v) is 5.11. The second kappa shape index (κ2) is 6.06. The molecule has 0 aliphatic heterocycles. The SMILES string of the molecule is CC(C)(C)OC(=O)NC(Cc1cnc(C#N)[nH]1)C(=O)O. The van der Waals surface area contributed by atoms with Crippen molar-refractivity contribution in [2.75, 3.05) is 0 Å². The Bertz CT molecular complexity index is 538. The van der Waals surface area contributed by atoms with Crippen LogP contribution in [-0.2, 0) is 16.0 Å². The lowest BCUT2D eigenvalue weighted by molar-refractivity contribution is -0.139. The number of carbonyl (C=O) groups excluding carboxylic acids is 1. The molecule has 1 heterocycles. The van der Waals surface area contributed by atoms with Crippen molar-refractivity contribution in [3.8, 4) is 6.07 Å². The summed E-state index contributed by atoms with van der Waals surface area (Å²) in [6, 6.07) is 0.626. The molecule has 1 amide bonds. The van der Waals surface area contributed by atoms with Gasteiger partial charge in [-0.05, 0) is 20.8 Å².